The van der Waals surface area contributed by atoms with E-state index in [9.17, 15) is 14.7 Å². The second-order valence-corrected chi connectivity index (χ2v) is 7.00. The number of nitrogens with zero attached hydrogens (tertiary/aromatic N) is 2. The van der Waals surface area contributed by atoms with E-state index in [-0.39, 0.29) is 24.2 Å². The largest absolute Gasteiger partial charge is 0.391 e. The van der Waals surface area contributed by atoms with Gasteiger partial charge in [-0.1, -0.05) is 32.0 Å². The third-order valence-electron chi connectivity index (χ3n) is 5.32. The van der Waals surface area contributed by atoms with Crippen molar-refractivity contribution in [3.63, 3.8) is 0 Å². The van der Waals surface area contributed by atoms with Gasteiger partial charge < -0.3 is 14.9 Å². The number of benzene rings is 1. The second-order valence-electron chi connectivity index (χ2n) is 7.00. The number of aliphatic hydroxyl groups is 1. The Hall–Kier alpha value is -1.88. The summed E-state index contributed by atoms with van der Waals surface area (Å²) in [5.74, 6) is 0.0949. The Morgan fingerprint density at radius 1 is 1.33 bits per heavy atom. The van der Waals surface area contributed by atoms with Crippen molar-refractivity contribution in [1.29, 1.82) is 0 Å². The fourth-order valence-electron chi connectivity index (χ4n) is 3.68. The van der Waals surface area contributed by atoms with E-state index >= 15 is 0 Å². The summed E-state index contributed by atoms with van der Waals surface area (Å²) in [5, 5.41) is 9.63. The van der Waals surface area contributed by atoms with Crippen LogP contribution >= 0.6 is 0 Å². The van der Waals surface area contributed by atoms with Crippen LogP contribution in [0, 0.1) is 5.92 Å². The van der Waals surface area contributed by atoms with E-state index < -0.39 is 6.10 Å². The molecule has 2 unspecified atom stereocenters. The predicted molar refractivity (Wildman–Crippen MR) is 92.8 cm³/mol. The first kappa shape index (κ1) is 17.0. The molecule has 3 atom stereocenters. The van der Waals surface area contributed by atoms with Gasteiger partial charge in [0.15, 0.2) is 0 Å². The minimum Gasteiger partial charge on any atom is -0.391 e. The highest BCUT2D eigenvalue weighted by Gasteiger charge is 2.39. The van der Waals surface area contributed by atoms with Crippen LogP contribution in [0.5, 0.6) is 0 Å². The first-order valence-corrected chi connectivity index (χ1v) is 8.87. The molecule has 0 radical (unpaired) electrons. The molecule has 3 rings (SSSR count). The number of β-amino-alcohol motifs (C(OH)–C–C–N with tert-alkyl or cyclic N) is 1. The number of rotatable bonds is 4. The topological polar surface area (TPSA) is 60.9 Å². The van der Waals surface area contributed by atoms with E-state index in [0.717, 1.165) is 17.7 Å². The molecule has 1 aromatic rings. The zero-order valence-corrected chi connectivity index (χ0v) is 14.4. The second kappa shape index (κ2) is 6.93. The van der Waals surface area contributed by atoms with Crippen molar-refractivity contribution in [2.45, 2.75) is 45.1 Å². The van der Waals surface area contributed by atoms with Crippen molar-refractivity contribution in [2.24, 2.45) is 5.92 Å². The fourth-order valence-corrected chi connectivity index (χ4v) is 3.68. The van der Waals surface area contributed by atoms with Crippen LogP contribution in [0.3, 0.4) is 0 Å². The smallest absolute Gasteiger partial charge is 0.228 e. The summed E-state index contributed by atoms with van der Waals surface area (Å²) in [6.45, 7) is 5.73. The molecule has 130 valence electrons. The summed E-state index contributed by atoms with van der Waals surface area (Å²) in [6, 6.07) is 7.99. The number of carbonyl (C=O) groups is 2. The van der Waals surface area contributed by atoms with Crippen molar-refractivity contribution in [3.05, 3.63) is 29.8 Å². The van der Waals surface area contributed by atoms with E-state index in [2.05, 4.69) is 19.9 Å². The molecule has 0 spiro atoms. The number of aliphatic hydroxyl groups excluding tert-OH is 1. The minimum absolute atomic E-state index is 0.00317. The molecule has 2 aliphatic rings. The molecule has 1 N–H and O–H groups in total. The van der Waals surface area contributed by atoms with Gasteiger partial charge in [-0.25, -0.2) is 0 Å². The lowest BCUT2D eigenvalue weighted by molar-refractivity contribution is -0.135. The molecule has 5 nitrogen and oxygen atoms in total. The normalized spacial score (nSPS) is 25.4. The van der Waals surface area contributed by atoms with Crippen molar-refractivity contribution in [2.75, 3.05) is 24.5 Å². The van der Waals surface area contributed by atoms with Crippen LogP contribution in [0.4, 0.5) is 5.69 Å². The Morgan fingerprint density at radius 3 is 2.75 bits per heavy atom. The molecule has 0 aromatic heterocycles. The van der Waals surface area contributed by atoms with Gasteiger partial charge in [0.2, 0.25) is 11.8 Å². The van der Waals surface area contributed by atoms with Crippen LogP contribution in [0.25, 0.3) is 0 Å². The standard InChI is InChI=1S/C19H26N2O3/c1-3-13(2)16-6-4-5-7-17(16)21-11-14(10-18(21)23)19(24)20-9-8-15(22)12-20/h4-7,13-15,22H,3,8-12H2,1-2H3/t13?,14?,15-/m1/s1. The van der Waals surface area contributed by atoms with Crippen molar-refractivity contribution < 1.29 is 14.7 Å². The van der Waals surface area contributed by atoms with Crippen LogP contribution in [0.15, 0.2) is 24.3 Å². The van der Waals surface area contributed by atoms with E-state index in [1.165, 1.54) is 0 Å². The zero-order valence-electron chi connectivity index (χ0n) is 14.4. The number of hydrogen-bond acceptors (Lipinski definition) is 3. The monoisotopic (exact) mass is 330 g/mol. The van der Waals surface area contributed by atoms with Crippen LogP contribution in [0.1, 0.15) is 44.6 Å². The van der Waals surface area contributed by atoms with Crippen LogP contribution in [0.2, 0.25) is 0 Å². The van der Waals surface area contributed by atoms with Gasteiger partial charge in [-0.05, 0) is 30.4 Å². The fraction of sp³-hybridized carbons (Fsp3) is 0.579. The lowest BCUT2D eigenvalue weighted by Gasteiger charge is -2.24. The lowest BCUT2D eigenvalue weighted by Crippen LogP contribution is -2.36. The summed E-state index contributed by atoms with van der Waals surface area (Å²) >= 11 is 0. The van der Waals surface area contributed by atoms with Gasteiger partial charge in [-0.15, -0.1) is 0 Å². The highest BCUT2D eigenvalue weighted by atomic mass is 16.3. The third kappa shape index (κ3) is 3.18. The van der Waals surface area contributed by atoms with Crippen molar-refractivity contribution in [3.8, 4) is 0 Å². The number of anilines is 1. The molecular formula is C19H26N2O3. The SMILES string of the molecule is CCC(C)c1ccccc1N1CC(C(=O)N2CC[C@@H](O)C2)CC1=O. The third-order valence-corrected chi connectivity index (χ3v) is 5.32. The Bertz CT molecular complexity index is 631. The van der Waals surface area contributed by atoms with Crippen LogP contribution in [-0.4, -0.2) is 47.6 Å². The number of carbonyl (C=O) groups excluding carboxylic acids is 2. The summed E-state index contributed by atoms with van der Waals surface area (Å²) in [7, 11) is 0. The molecule has 0 bridgehead atoms. The van der Waals surface area contributed by atoms with E-state index in [1.807, 2.05) is 18.2 Å². The number of amides is 2. The molecule has 0 aliphatic carbocycles. The van der Waals surface area contributed by atoms with Crippen LogP contribution < -0.4 is 4.90 Å². The van der Waals surface area contributed by atoms with E-state index in [0.29, 0.717) is 32.0 Å². The zero-order chi connectivity index (χ0) is 17.3. The molecular weight excluding hydrogens is 304 g/mol. The summed E-state index contributed by atoms with van der Waals surface area (Å²) in [5.41, 5.74) is 2.10. The van der Waals surface area contributed by atoms with Gasteiger partial charge in [0.25, 0.3) is 0 Å². The molecule has 5 heteroatoms. The number of hydrogen-bond donors (Lipinski definition) is 1. The quantitative estimate of drug-likeness (QED) is 0.920. The highest BCUT2D eigenvalue weighted by Crippen LogP contribution is 2.34. The lowest BCUT2D eigenvalue weighted by atomic mass is 9.96. The van der Waals surface area contributed by atoms with Gasteiger partial charge in [0, 0.05) is 31.7 Å². The van der Waals surface area contributed by atoms with Crippen molar-refractivity contribution in [1.82, 2.24) is 4.90 Å². The van der Waals surface area contributed by atoms with Crippen LogP contribution in [-0.2, 0) is 9.59 Å². The maximum absolute atomic E-state index is 12.6. The molecule has 2 amide bonds. The highest BCUT2D eigenvalue weighted by molar-refractivity contribution is 6.01. The molecule has 2 fully saturated rings. The first-order chi connectivity index (χ1) is 11.5. The van der Waals surface area contributed by atoms with Crippen molar-refractivity contribution >= 4 is 17.5 Å². The molecule has 2 heterocycles. The summed E-state index contributed by atoms with van der Waals surface area (Å²) in [4.78, 5) is 28.6. The maximum Gasteiger partial charge on any atom is 0.228 e. The number of para-hydroxylation sites is 1. The molecule has 2 aliphatic heterocycles. The average Bonchev–Trinajstić information content (AvgIpc) is 3.19. The maximum atomic E-state index is 12.6. The Morgan fingerprint density at radius 2 is 2.08 bits per heavy atom. The predicted octanol–water partition coefficient (Wildman–Crippen LogP) is 2.15. The Labute approximate surface area is 143 Å². The van der Waals surface area contributed by atoms with Gasteiger partial charge in [0.1, 0.15) is 0 Å². The van der Waals surface area contributed by atoms with E-state index in [4.69, 9.17) is 0 Å². The molecule has 0 saturated carbocycles. The van der Waals surface area contributed by atoms with Gasteiger partial charge in [0.05, 0.1) is 12.0 Å². The number of likely N-dealkylation sites (tertiary alicyclic amines) is 1. The molecule has 1 aromatic carbocycles. The van der Waals surface area contributed by atoms with E-state index in [1.54, 1.807) is 9.80 Å². The Kier molecular flexibility index (Phi) is 4.90. The Balaban J connectivity index is 1.77. The average molecular weight is 330 g/mol. The first-order valence-electron chi connectivity index (χ1n) is 8.87. The van der Waals surface area contributed by atoms with Gasteiger partial charge in [-0.2, -0.15) is 0 Å². The summed E-state index contributed by atoms with van der Waals surface area (Å²) in [6.07, 6.45) is 1.48. The van der Waals surface area contributed by atoms with Gasteiger partial charge >= 0.3 is 0 Å². The summed E-state index contributed by atoms with van der Waals surface area (Å²) < 4.78 is 0. The minimum atomic E-state index is -0.423. The van der Waals surface area contributed by atoms with Gasteiger partial charge in [-0.3, -0.25) is 9.59 Å². The molecule has 24 heavy (non-hydrogen) atoms. The molecule has 2 saturated heterocycles.